The minimum atomic E-state index is -4.58. The van der Waals surface area contributed by atoms with Crippen LogP contribution in [0.15, 0.2) is 21.7 Å². The first-order valence-electron chi connectivity index (χ1n) is 4.81. The van der Waals surface area contributed by atoms with Crippen LogP contribution in [0.3, 0.4) is 0 Å². The molecule has 0 saturated heterocycles. The second-order valence-electron chi connectivity index (χ2n) is 3.41. The molecule has 0 spiro atoms. The van der Waals surface area contributed by atoms with Gasteiger partial charge in [0.05, 0.1) is 16.3 Å². The summed E-state index contributed by atoms with van der Waals surface area (Å²) in [5.74, 6) is -0.621. The number of nitrogens with zero attached hydrogens (tertiary/aromatic N) is 2. The van der Waals surface area contributed by atoms with Gasteiger partial charge in [-0.2, -0.15) is 23.5 Å². The molecule has 10 heteroatoms. The second kappa shape index (κ2) is 6.11. The number of anilines is 1. The fourth-order valence-corrected chi connectivity index (χ4v) is 2.02. The minimum absolute atomic E-state index is 0.0468. The van der Waals surface area contributed by atoms with E-state index in [1.165, 1.54) is 6.07 Å². The summed E-state index contributed by atoms with van der Waals surface area (Å²) in [5, 5.41) is 19.0. The quantitative estimate of drug-likeness (QED) is 0.433. The summed E-state index contributed by atoms with van der Waals surface area (Å²) in [7, 11) is 0. The van der Waals surface area contributed by atoms with Gasteiger partial charge in [0.1, 0.15) is 6.07 Å². The van der Waals surface area contributed by atoms with Crippen LogP contribution in [-0.2, 0) is 6.18 Å². The topological polar surface area (TPSA) is 98.0 Å². The van der Waals surface area contributed by atoms with Crippen molar-refractivity contribution in [3.05, 3.63) is 27.2 Å². The van der Waals surface area contributed by atoms with Crippen molar-refractivity contribution < 1.29 is 13.2 Å². The summed E-state index contributed by atoms with van der Waals surface area (Å²) < 4.78 is 37.9. The molecule has 0 aliphatic carbocycles. The molecule has 1 rings (SSSR count). The molecule has 0 unspecified atom stereocenters. The van der Waals surface area contributed by atoms with Gasteiger partial charge >= 0.3 is 6.18 Å². The van der Waals surface area contributed by atoms with Crippen LogP contribution in [0, 0.1) is 16.7 Å². The van der Waals surface area contributed by atoms with E-state index in [0.717, 1.165) is 12.1 Å². The molecule has 20 heavy (non-hydrogen) atoms. The number of hydrogen-bond donors (Lipinski definition) is 3. The zero-order valence-electron chi connectivity index (χ0n) is 9.52. The number of rotatable bonds is 3. The number of alkyl halides is 3. The van der Waals surface area contributed by atoms with Gasteiger partial charge in [0.15, 0.2) is 5.84 Å². The molecule has 1 aromatic carbocycles. The number of halogens is 5. The molecule has 5 nitrogen and oxygen atoms in total. The molecular weight excluding hydrogens is 362 g/mol. The van der Waals surface area contributed by atoms with Gasteiger partial charge in [-0.25, -0.2) is 0 Å². The Labute approximate surface area is 124 Å². The van der Waals surface area contributed by atoms with Gasteiger partial charge in [-0.3, -0.25) is 10.8 Å². The monoisotopic (exact) mass is 367 g/mol. The minimum Gasteiger partial charge on any atom is -0.382 e. The van der Waals surface area contributed by atoms with Crippen molar-refractivity contribution in [2.24, 2.45) is 10.8 Å². The van der Waals surface area contributed by atoms with Crippen LogP contribution in [0.1, 0.15) is 5.56 Å². The number of hydrogen-bond acceptors (Lipinski definition) is 4. The molecule has 0 aromatic heterocycles. The number of nitrogens with one attached hydrogen (secondary N) is 2. The standard InChI is InChI=1S/C10H6BrClF3N5/c11-5-2-6(12)7(1-4(5)10(13,14)15)19-20-8(3-16)9(17)18/h1-2,19H,(H3,17,18)/b20-8+. The highest BCUT2D eigenvalue weighted by atomic mass is 79.9. The second-order valence-corrected chi connectivity index (χ2v) is 4.67. The number of hydrazone groups is 1. The average molecular weight is 369 g/mol. The number of benzene rings is 1. The summed E-state index contributed by atoms with van der Waals surface area (Å²) in [6.45, 7) is 0. The van der Waals surface area contributed by atoms with Crippen molar-refractivity contribution >= 4 is 44.8 Å². The maximum Gasteiger partial charge on any atom is 0.417 e. The Bertz CT molecular complexity index is 621. The van der Waals surface area contributed by atoms with Crippen molar-refractivity contribution in [1.82, 2.24) is 0 Å². The summed E-state index contributed by atoms with van der Waals surface area (Å²) >= 11 is 8.52. The van der Waals surface area contributed by atoms with Gasteiger partial charge in [-0.05, 0) is 12.1 Å². The SMILES string of the molecule is N#C/C(=N\Nc1cc(C(F)(F)F)c(Br)cc1Cl)C(=N)N. The number of amidine groups is 1. The van der Waals surface area contributed by atoms with Gasteiger partial charge in [0.2, 0.25) is 5.71 Å². The third-order valence-corrected chi connectivity index (χ3v) is 2.98. The van der Waals surface area contributed by atoms with E-state index in [-0.39, 0.29) is 15.2 Å². The van der Waals surface area contributed by atoms with Crippen molar-refractivity contribution in [3.8, 4) is 6.07 Å². The van der Waals surface area contributed by atoms with E-state index in [0.29, 0.717) is 0 Å². The smallest absolute Gasteiger partial charge is 0.382 e. The van der Waals surface area contributed by atoms with Gasteiger partial charge in [-0.15, -0.1) is 0 Å². The van der Waals surface area contributed by atoms with E-state index >= 15 is 0 Å². The van der Waals surface area contributed by atoms with Crippen molar-refractivity contribution in [1.29, 1.82) is 10.7 Å². The molecule has 0 heterocycles. The first-order valence-corrected chi connectivity index (χ1v) is 5.98. The fourth-order valence-electron chi connectivity index (χ4n) is 1.11. The molecule has 106 valence electrons. The van der Waals surface area contributed by atoms with E-state index in [2.05, 4.69) is 26.5 Å². The molecule has 4 N–H and O–H groups in total. The highest BCUT2D eigenvalue weighted by Crippen LogP contribution is 2.39. The third-order valence-electron chi connectivity index (χ3n) is 2.01. The van der Waals surface area contributed by atoms with E-state index in [9.17, 15) is 13.2 Å². The Morgan fingerprint density at radius 2 is 2.10 bits per heavy atom. The molecule has 0 fully saturated rings. The predicted octanol–water partition coefficient (Wildman–Crippen LogP) is 3.35. The Kier molecular flexibility index (Phi) is 4.97. The van der Waals surface area contributed by atoms with Gasteiger partial charge < -0.3 is 5.73 Å². The Balaban J connectivity index is 3.21. The van der Waals surface area contributed by atoms with Crippen LogP contribution in [-0.4, -0.2) is 11.5 Å². The lowest BCUT2D eigenvalue weighted by molar-refractivity contribution is -0.138. The molecule has 0 aliphatic heterocycles. The molecular formula is C10H6BrClF3N5. The first-order chi connectivity index (χ1) is 9.16. The molecule has 1 aromatic rings. The van der Waals surface area contributed by atoms with Crippen molar-refractivity contribution in [3.63, 3.8) is 0 Å². The van der Waals surface area contributed by atoms with E-state index in [1.54, 1.807) is 0 Å². The van der Waals surface area contributed by atoms with Gasteiger partial charge in [-0.1, -0.05) is 27.5 Å². The normalized spacial score (nSPS) is 11.9. The summed E-state index contributed by atoms with van der Waals surface area (Å²) in [5.41, 5.74) is 5.62. The molecule has 0 bridgehead atoms. The number of nitrogens with two attached hydrogens (primary N) is 1. The summed E-state index contributed by atoms with van der Waals surface area (Å²) in [4.78, 5) is 0. The average Bonchev–Trinajstić information content (AvgIpc) is 2.30. The Hall–Kier alpha value is -1.79. The summed E-state index contributed by atoms with van der Waals surface area (Å²) in [6, 6.07) is 3.28. The van der Waals surface area contributed by atoms with Gasteiger partial charge in [0.25, 0.3) is 0 Å². The lowest BCUT2D eigenvalue weighted by Gasteiger charge is -2.12. The van der Waals surface area contributed by atoms with E-state index in [4.69, 9.17) is 28.0 Å². The largest absolute Gasteiger partial charge is 0.417 e. The molecule has 0 radical (unpaired) electrons. The lowest BCUT2D eigenvalue weighted by atomic mass is 10.2. The maximum absolute atomic E-state index is 12.7. The van der Waals surface area contributed by atoms with Crippen LogP contribution in [0.25, 0.3) is 0 Å². The third kappa shape index (κ3) is 3.85. The van der Waals surface area contributed by atoms with E-state index < -0.39 is 23.3 Å². The van der Waals surface area contributed by atoms with Crippen LogP contribution in [0.2, 0.25) is 5.02 Å². The Morgan fingerprint density at radius 1 is 1.50 bits per heavy atom. The van der Waals surface area contributed by atoms with Crippen LogP contribution in [0.4, 0.5) is 18.9 Å². The predicted molar refractivity (Wildman–Crippen MR) is 72.7 cm³/mol. The summed E-state index contributed by atoms with van der Waals surface area (Å²) in [6.07, 6.45) is -4.58. The Morgan fingerprint density at radius 3 is 2.55 bits per heavy atom. The van der Waals surface area contributed by atoms with Crippen LogP contribution < -0.4 is 11.2 Å². The first kappa shape index (κ1) is 16.3. The van der Waals surface area contributed by atoms with Crippen LogP contribution >= 0.6 is 27.5 Å². The van der Waals surface area contributed by atoms with Crippen LogP contribution in [0.5, 0.6) is 0 Å². The fraction of sp³-hybridized carbons (Fsp3) is 0.100. The highest BCUT2D eigenvalue weighted by molar-refractivity contribution is 9.10. The molecule has 0 aliphatic rings. The molecule has 0 saturated carbocycles. The highest BCUT2D eigenvalue weighted by Gasteiger charge is 2.33. The molecule has 0 atom stereocenters. The lowest BCUT2D eigenvalue weighted by Crippen LogP contribution is -2.22. The molecule has 0 amide bonds. The van der Waals surface area contributed by atoms with Gasteiger partial charge in [0, 0.05) is 4.47 Å². The van der Waals surface area contributed by atoms with E-state index in [1.807, 2.05) is 0 Å². The maximum atomic E-state index is 12.7. The van der Waals surface area contributed by atoms with Crippen molar-refractivity contribution in [2.75, 3.05) is 5.43 Å². The zero-order valence-corrected chi connectivity index (χ0v) is 11.9. The van der Waals surface area contributed by atoms with Crippen molar-refractivity contribution in [2.45, 2.75) is 6.18 Å². The number of nitriles is 1. The zero-order chi connectivity index (χ0) is 15.5.